The second-order valence-corrected chi connectivity index (χ2v) is 11.5. The van der Waals surface area contributed by atoms with Crippen molar-refractivity contribution in [2.45, 2.75) is 5.41 Å². The molecular weight excluding hydrogens is 544 g/mol. The zero-order chi connectivity index (χ0) is 30.2. The summed E-state index contributed by atoms with van der Waals surface area (Å²) in [6.07, 6.45) is 1.69. The molecule has 7 aromatic rings. The summed E-state index contributed by atoms with van der Waals surface area (Å²) in [7, 11) is 0. The Balaban J connectivity index is 1.33. The van der Waals surface area contributed by atoms with Gasteiger partial charge in [-0.1, -0.05) is 140 Å². The SMILES string of the molecule is N#Cc1cc(-c2ccc(-c3ccc4c(c3)-c3cc(-c5ccccc5)ccc3C4(c3ccccc3)c3ccccc3)cc2)ccn1. The second kappa shape index (κ2) is 10.9. The van der Waals surface area contributed by atoms with Gasteiger partial charge in [-0.2, -0.15) is 5.26 Å². The van der Waals surface area contributed by atoms with Gasteiger partial charge in [0.1, 0.15) is 11.8 Å². The predicted octanol–water partition coefficient (Wildman–Crippen LogP) is 10.3. The fourth-order valence-corrected chi connectivity index (χ4v) is 7.01. The van der Waals surface area contributed by atoms with Crippen molar-refractivity contribution < 1.29 is 0 Å². The maximum atomic E-state index is 9.30. The average Bonchev–Trinajstić information content (AvgIpc) is 3.42. The fourth-order valence-electron chi connectivity index (χ4n) is 7.01. The quantitative estimate of drug-likeness (QED) is 0.206. The second-order valence-electron chi connectivity index (χ2n) is 11.5. The molecule has 6 aromatic carbocycles. The lowest BCUT2D eigenvalue weighted by Crippen LogP contribution is -2.28. The molecule has 0 fully saturated rings. The molecule has 0 N–H and O–H groups in total. The summed E-state index contributed by atoms with van der Waals surface area (Å²) in [4.78, 5) is 4.12. The van der Waals surface area contributed by atoms with Crippen molar-refractivity contribution in [1.82, 2.24) is 4.98 Å². The number of benzene rings is 6. The summed E-state index contributed by atoms with van der Waals surface area (Å²) in [6.45, 7) is 0. The van der Waals surface area contributed by atoms with E-state index in [9.17, 15) is 5.26 Å². The van der Waals surface area contributed by atoms with Gasteiger partial charge in [-0.3, -0.25) is 0 Å². The van der Waals surface area contributed by atoms with Crippen LogP contribution in [-0.4, -0.2) is 4.98 Å². The van der Waals surface area contributed by atoms with Crippen LogP contribution >= 0.6 is 0 Å². The Labute approximate surface area is 263 Å². The highest BCUT2D eigenvalue weighted by Gasteiger charge is 2.46. The molecule has 210 valence electrons. The Morgan fingerprint density at radius 1 is 0.422 bits per heavy atom. The Morgan fingerprint density at radius 2 is 0.844 bits per heavy atom. The predicted molar refractivity (Wildman–Crippen MR) is 183 cm³/mol. The van der Waals surface area contributed by atoms with Crippen LogP contribution in [0.2, 0.25) is 0 Å². The molecule has 0 saturated heterocycles. The van der Waals surface area contributed by atoms with Crippen molar-refractivity contribution >= 4 is 0 Å². The molecule has 2 nitrogen and oxygen atoms in total. The minimum Gasteiger partial charge on any atom is -0.246 e. The largest absolute Gasteiger partial charge is 0.246 e. The van der Waals surface area contributed by atoms with Crippen molar-refractivity contribution in [2.75, 3.05) is 0 Å². The van der Waals surface area contributed by atoms with E-state index in [1.165, 1.54) is 50.1 Å². The molecule has 1 aliphatic rings. The van der Waals surface area contributed by atoms with Crippen LogP contribution < -0.4 is 0 Å². The molecule has 0 bridgehead atoms. The van der Waals surface area contributed by atoms with E-state index < -0.39 is 5.41 Å². The number of pyridine rings is 1. The lowest BCUT2D eigenvalue weighted by molar-refractivity contribution is 0.768. The molecule has 0 saturated carbocycles. The first kappa shape index (κ1) is 26.6. The molecule has 1 aliphatic carbocycles. The highest BCUT2D eigenvalue weighted by Crippen LogP contribution is 2.57. The van der Waals surface area contributed by atoms with Crippen molar-refractivity contribution in [2.24, 2.45) is 0 Å². The molecule has 0 amide bonds. The summed E-state index contributed by atoms with van der Waals surface area (Å²) in [5.74, 6) is 0. The molecule has 0 aliphatic heterocycles. The van der Waals surface area contributed by atoms with E-state index in [0.29, 0.717) is 5.69 Å². The first-order valence-corrected chi connectivity index (χ1v) is 15.2. The van der Waals surface area contributed by atoms with Crippen LogP contribution in [0, 0.1) is 11.3 Å². The summed E-state index contributed by atoms with van der Waals surface area (Å²) in [5, 5.41) is 9.30. The van der Waals surface area contributed by atoms with Gasteiger partial charge in [0.05, 0.1) is 5.41 Å². The van der Waals surface area contributed by atoms with Crippen LogP contribution in [0.1, 0.15) is 27.9 Å². The van der Waals surface area contributed by atoms with Gasteiger partial charge >= 0.3 is 0 Å². The van der Waals surface area contributed by atoms with Gasteiger partial charge in [-0.25, -0.2) is 4.98 Å². The van der Waals surface area contributed by atoms with Crippen LogP contribution in [0.25, 0.3) is 44.5 Å². The molecule has 45 heavy (non-hydrogen) atoms. The molecule has 1 heterocycles. The fraction of sp³-hybridized carbons (Fsp3) is 0.0233. The minimum atomic E-state index is -0.440. The van der Waals surface area contributed by atoms with Gasteiger partial charge in [0.2, 0.25) is 0 Å². The van der Waals surface area contributed by atoms with Crippen molar-refractivity contribution in [3.63, 3.8) is 0 Å². The zero-order valence-corrected chi connectivity index (χ0v) is 24.6. The van der Waals surface area contributed by atoms with Crippen molar-refractivity contribution in [1.29, 1.82) is 5.26 Å². The van der Waals surface area contributed by atoms with Crippen molar-refractivity contribution in [3.05, 3.63) is 198 Å². The maximum Gasteiger partial charge on any atom is 0.141 e. The Kier molecular flexibility index (Phi) is 6.44. The van der Waals surface area contributed by atoms with E-state index in [2.05, 4.69) is 163 Å². The first-order chi connectivity index (χ1) is 22.3. The highest BCUT2D eigenvalue weighted by atomic mass is 14.7. The molecule has 0 atom stereocenters. The Bertz CT molecular complexity index is 2150. The Hall–Kier alpha value is -6.04. The first-order valence-electron chi connectivity index (χ1n) is 15.2. The summed E-state index contributed by atoms with van der Waals surface area (Å²) in [5.41, 5.74) is 14.4. The standard InChI is InChI=1S/C43H28N2/c44-29-38-26-35(24-25-45-38)32-18-16-31(17-19-32)34-21-23-42-40(28-34)39-27-33(30-10-4-1-5-11-30)20-22-41(39)43(42,36-12-6-2-7-13-36)37-14-8-3-9-15-37/h1-28H. The normalized spacial score (nSPS) is 12.6. The number of aromatic nitrogens is 1. The molecular formula is C43H28N2. The van der Waals surface area contributed by atoms with Gasteiger partial charge < -0.3 is 0 Å². The van der Waals surface area contributed by atoms with E-state index in [1.54, 1.807) is 6.20 Å². The third-order valence-corrected chi connectivity index (χ3v) is 9.08. The highest BCUT2D eigenvalue weighted by molar-refractivity contribution is 5.91. The van der Waals surface area contributed by atoms with E-state index in [0.717, 1.165) is 16.7 Å². The Morgan fingerprint density at radius 3 is 1.33 bits per heavy atom. The van der Waals surface area contributed by atoms with E-state index in [4.69, 9.17) is 0 Å². The van der Waals surface area contributed by atoms with E-state index >= 15 is 0 Å². The summed E-state index contributed by atoms with van der Waals surface area (Å²) < 4.78 is 0. The lowest BCUT2D eigenvalue weighted by atomic mass is 9.67. The lowest BCUT2D eigenvalue weighted by Gasteiger charge is -2.34. The molecule has 8 rings (SSSR count). The topological polar surface area (TPSA) is 36.7 Å². The van der Waals surface area contributed by atoms with Gasteiger partial charge in [0.15, 0.2) is 0 Å². The van der Waals surface area contributed by atoms with Gasteiger partial charge in [0, 0.05) is 6.20 Å². The molecule has 1 aromatic heterocycles. The average molecular weight is 573 g/mol. The molecule has 0 radical (unpaired) electrons. The van der Waals surface area contributed by atoms with Crippen LogP contribution in [0.4, 0.5) is 0 Å². The molecule has 0 unspecified atom stereocenters. The maximum absolute atomic E-state index is 9.30. The third-order valence-electron chi connectivity index (χ3n) is 9.08. The van der Waals surface area contributed by atoms with E-state index in [-0.39, 0.29) is 0 Å². The number of hydrogen-bond donors (Lipinski definition) is 0. The van der Waals surface area contributed by atoms with Gasteiger partial charge in [-0.15, -0.1) is 0 Å². The summed E-state index contributed by atoms with van der Waals surface area (Å²) >= 11 is 0. The number of nitriles is 1. The van der Waals surface area contributed by atoms with Gasteiger partial charge in [-0.05, 0) is 91.0 Å². The number of rotatable bonds is 5. The van der Waals surface area contributed by atoms with Crippen LogP contribution in [0.5, 0.6) is 0 Å². The molecule has 2 heteroatoms. The number of hydrogen-bond acceptors (Lipinski definition) is 2. The monoisotopic (exact) mass is 572 g/mol. The van der Waals surface area contributed by atoms with Crippen LogP contribution in [0.15, 0.2) is 170 Å². The number of nitrogens with zero attached hydrogens (tertiary/aromatic N) is 2. The third kappa shape index (κ3) is 4.37. The minimum absolute atomic E-state index is 0.420. The van der Waals surface area contributed by atoms with Crippen LogP contribution in [0.3, 0.4) is 0 Å². The smallest absolute Gasteiger partial charge is 0.141 e. The van der Waals surface area contributed by atoms with Crippen LogP contribution in [-0.2, 0) is 5.41 Å². The van der Waals surface area contributed by atoms with Crippen molar-refractivity contribution in [3.8, 4) is 50.6 Å². The van der Waals surface area contributed by atoms with Gasteiger partial charge in [0.25, 0.3) is 0 Å². The zero-order valence-electron chi connectivity index (χ0n) is 24.6. The molecule has 0 spiro atoms. The number of fused-ring (bicyclic) bond motifs is 3. The summed E-state index contributed by atoms with van der Waals surface area (Å²) in [6, 6.07) is 60.9. The van der Waals surface area contributed by atoms with E-state index in [1.807, 2.05) is 12.1 Å².